The summed E-state index contributed by atoms with van der Waals surface area (Å²) in [4.78, 5) is 0. The van der Waals surface area contributed by atoms with Crippen molar-refractivity contribution in [3.63, 3.8) is 0 Å². The lowest BCUT2D eigenvalue weighted by Gasteiger charge is -2.31. The van der Waals surface area contributed by atoms with E-state index in [9.17, 15) is 0 Å². The maximum Gasteiger partial charge on any atom is 0.0624 e. The summed E-state index contributed by atoms with van der Waals surface area (Å²) in [6.45, 7) is 10.6. The molecular weight excluding hydrogens is 234 g/mol. The lowest BCUT2D eigenvalue weighted by atomic mass is 9.76. The second-order valence-electron chi connectivity index (χ2n) is 5.63. The average Bonchev–Trinajstić information content (AvgIpc) is 2.85. The molecule has 1 rings (SSSR count). The Morgan fingerprint density at radius 1 is 1.26 bits per heavy atom. The van der Waals surface area contributed by atoms with E-state index in [4.69, 9.17) is 5.73 Å². The van der Waals surface area contributed by atoms with Gasteiger partial charge in [0.2, 0.25) is 0 Å². The van der Waals surface area contributed by atoms with Gasteiger partial charge in [-0.15, -0.1) is 0 Å². The molecule has 1 unspecified atom stereocenters. The Kier molecular flexibility index (Phi) is 6.56. The Balaban J connectivity index is 2.91. The van der Waals surface area contributed by atoms with Crippen molar-refractivity contribution < 1.29 is 0 Å². The summed E-state index contributed by atoms with van der Waals surface area (Å²) in [6.07, 6.45) is 6.98. The molecule has 19 heavy (non-hydrogen) atoms. The zero-order valence-electron chi connectivity index (χ0n) is 13.2. The normalized spacial score (nSPS) is 14.6. The Bertz CT molecular complexity index is 364. The van der Waals surface area contributed by atoms with Crippen molar-refractivity contribution >= 4 is 0 Å². The number of rotatable bonds is 9. The number of unbranched alkanes of at least 4 members (excludes halogenated alkanes) is 1. The SMILES string of the molecule is CCCCC(CC)(CN)Cc1cc(CC)nn1CC. The van der Waals surface area contributed by atoms with Crippen LogP contribution in [0, 0.1) is 5.41 Å². The first-order chi connectivity index (χ1) is 9.14. The highest BCUT2D eigenvalue weighted by Crippen LogP contribution is 2.32. The molecular formula is C16H31N3. The van der Waals surface area contributed by atoms with Crippen LogP contribution in [-0.2, 0) is 19.4 Å². The number of hydrogen-bond donors (Lipinski definition) is 1. The van der Waals surface area contributed by atoms with Crippen LogP contribution in [0.25, 0.3) is 0 Å². The molecule has 0 bridgehead atoms. The third kappa shape index (κ3) is 4.07. The largest absolute Gasteiger partial charge is 0.330 e. The first-order valence-electron chi connectivity index (χ1n) is 7.90. The van der Waals surface area contributed by atoms with Gasteiger partial charge < -0.3 is 5.73 Å². The molecule has 1 heterocycles. The summed E-state index contributed by atoms with van der Waals surface area (Å²) >= 11 is 0. The third-order valence-electron chi connectivity index (χ3n) is 4.38. The van der Waals surface area contributed by atoms with Gasteiger partial charge in [0.1, 0.15) is 0 Å². The van der Waals surface area contributed by atoms with Crippen LogP contribution in [0.5, 0.6) is 0 Å². The predicted octanol–water partition coefficient (Wildman–Crippen LogP) is 3.55. The molecule has 0 aliphatic rings. The Morgan fingerprint density at radius 3 is 2.47 bits per heavy atom. The van der Waals surface area contributed by atoms with E-state index in [-0.39, 0.29) is 5.41 Å². The molecule has 1 aromatic heterocycles. The van der Waals surface area contributed by atoms with E-state index in [1.807, 2.05) is 0 Å². The zero-order chi connectivity index (χ0) is 14.3. The molecule has 0 saturated heterocycles. The molecule has 0 fully saturated rings. The topological polar surface area (TPSA) is 43.8 Å². The number of nitrogens with zero attached hydrogens (tertiary/aromatic N) is 2. The molecule has 0 amide bonds. The highest BCUT2D eigenvalue weighted by Gasteiger charge is 2.28. The summed E-state index contributed by atoms with van der Waals surface area (Å²) in [7, 11) is 0. The van der Waals surface area contributed by atoms with Crippen LogP contribution in [0.1, 0.15) is 64.8 Å². The maximum atomic E-state index is 6.11. The smallest absolute Gasteiger partial charge is 0.0624 e. The van der Waals surface area contributed by atoms with E-state index in [2.05, 4.69) is 43.5 Å². The minimum Gasteiger partial charge on any atom is -0.330 e. The van der Waals surface area contributed by atoms with E-state index in [0.29, 0.717) is 0 Å². The van der Waals surface area contributed by atoms with Crippen LogP contribution in [0.2, 0.25) is 0 Å². The molecule has 3 heteroatoms. The van der Waals surface area contributed by atoms with E-state index in [1.54, 1.807) is 0 Å². The minimum absolute atomic E-state index is 0.258. The van der Waals surface area contributed by atoms with Crippen LogP contribution in [-0.4, -0.2) is 16.3 Å². The van der Waals surface area contributed by atoms with Crippen LogP contribution in [0.4, 0.5) is 0 Å². The van der Waals surface area contributed by atoms with Gasteiger partial charge in [0.15, 0.2) is 0 Å². The summed E-state index contributed by atoms with van der Waals surface area (Å²) in [5, 5.41) is 4.66. The molecule has 0 spiro atoms. The Labute approximate surface area is 118 Å². The second kappa shape index (κ2) is 7.68. The Hall–Kier alpha value is -0.830. The monoisotopic (exact) mass is 265 g/mol. The molecule has 0 aliphatic heterocycles. The predicted molar refractivity (Wildman–Crippen MR) is 82.3 cm³/mol. The van der Waals surface area contributed by atoms with Crippen molar-refractivity contribution in [3.8, 4) is 0 Å². The van der Waals surface area contributed by atoms with Gasteiger partial charge in [-0.05, 0) is 50.6 Å². The van der Waals surface area contributed by atoms with Gasteiger partial charge in [-0.25, -0.2) is 0 Å². The molecule has 2 N–H and O–H groups in total. The highest BCUT2D eigenvalue weighted by molar-refractivity contribution is 5.13. The quantitative estimate of drug-likeness (QED) is 0.742. The third-order valence-corrected chi connectivity index (χ3v) is 4.38. The fourth-order valence-corrected chi connectivity index (χ4v) is 2.75. The van der Waals surface area contributed by atoms with Gasteiger partial charge >= 0.3 is 0 Å². The molecule has 0 radical (unpaired) electrons. The van der Waals surface area contributed by atoms with Crippen molar-refractivity contribution in [2.75, 3.05) is 6.54 Å². The van der Waals surface area contributed by atoms with Gasteiger partial charge in [-0.2, -0.15) is 5.10 Å². The van der Waals surface area contributed by atoms with Gasteiger partial charge in [0.25, 0.3) is 0 Å². The van der Waals surface area contributed by atoms with E-state index >= 15 is 0 Å². The van der Waals surface area contributed by atoms with E-state index in [0.717, 1.165) is 32.4 Å². The first kappa shape index (κ1) is 16.2. The van der Waals surface area contributed by atoms with E-state index in [1.165, 1.54) is 30.7 Å². The molecule has 0 aliphatic carbocycles. The van der Waals surface area contributed by atoms with Gasteiger partial charge in [0, 0.05) is 12.2 Å². The first-order valence-corrected chi connectivity index (χ1v) is 7.90. The Morgan fingerprint density at radius 2 is 2.00 bits per heavy atom. The highest BCUT2D eigenvalue weighted by atomic mass is 15.3. The van der Waals surface area contributed by atoms with E-state index < -0.39 is 0 Å². The summed E-state index contributed by atoms with van der Waals surface area (Å²) in [6, 6.07) is 2.27. The van der Waals surface area contributed by atoms with Crippen molar-refractivity contribution in [2.45, 2.75) is 72.8 Å². The molecule has 0 saturated carbocycles. The summed E-state index contributed by atoms with van der Waals surface area (Å²) < 4.78 is 2.16. The lowest BCUT2D eigenvalue weighted by Crippen LogP contribution is -2.33. The van der Waals surface area contributed by atoms with Crippen LogP contribution in [0.15, 0.2) is 6.07 Å². The van der Waals surface area contributed by atoms with Crippen LogP contribution in [0.3, 0.4) is 0 Å². The number of hydrogen-bond acceptors (Lipinski definition) is 2. The molecule has 3 nitrogen and oxygen atoms in total. The molecule has 1 aromatic rings. The number of aromatic nitrogens is 2. The summed E-state index contributed by atoms with van der Waals surface area (Å²) in [5.74, 6) is 0. The van der Waals surface area contributed by atoms with Gasteiger partial charge in [-0.1, -0.05) is 33.6 Å². The van der Waals surface area contributed by atoms with Crippen molar-refractivity contribution in [1.29, 1.82) is 0 Å². The van der Waals surface area contributed by atoms with Crippen molar-refractivity contribution in [1.82, 2.24) is 9.78 Å². The molecule has 110 valence electrons. The van der Waals surface area contributed by atoms with Crippen molar-refractivity contribution in [3.05, 3.63) is 17.5 Å². The molecule has 0 aromatic carbocycles. The average molecular weight is 265 g/mol. The fourth-order valence-electron chi connectivity index (χ4n) is 2.75. The standard InChI is InChI=1S/C16H31N3/c1-5-9-10-16(7-3,13-17)12-15-11-14(6-2)18-19(15)8-4/h11H,5-10,12-13,17H2,1-4H3. The zero-order valence-corrected chi connectivity index (χ0v) is 13.2. The number of aryl methyl sites for hydroxylation is 2. The van der Waals surface area contributed by atoms with Crippen molar-refractivity contribution in [2.24, 2.45) is 11.1 Å². The minimum atomic E-state index is 0.258. The van der Waals surface area contributed by atoms with Gasteiger partial charge in [-0.3, -0.25) is 4.68 Å². The van der Waals surface area contributed by atoms with Crippen LogP contribution < -0.4 is 5.73 Å². The maximum absolute atomic E-state index is 6.11. The summed E-state index contributed by atoms with van der Waals surface area (Å²) in [5.41, 5.74) is 8.93. The second-order valence-corrected chi connectivity index (χ2v) is 5.63. The van der Waals surface area contributed by atoms with Crippen LogP contribution >= 0.6 is 0 Å². The molecule has 1 atom stereocenters. The number of nitrogens with two attached hydrogens (primary N) is 1. The van der Waals surface area contributed by atoms with Gasteiger partial charge in [0.05, 0.1) is 5.69 Å². The lowest BCUT2D eigenvalue weighted by molar-refractivity contribution is 0.245. The fraction of sp³-hybridized carbons (Fsp3) is 0.812.